The van der Waals surface area contributed by atoms with E-state index in [0.717, 1.165) is 50.0 Å². The van der Waals surface area contributed by atoms with E-state index in [9.17, 15) is 22.7 Å². The standard InChI is InChI=1S/C24H25FN2O6S/c25-17-5-8-21(15(12-17)4-3-11-27-9-1-2-10-27)34(30,31)26-20-7-6-18-19-13-16(19)14-32-22(18)23(20)33-24(28)29/h3-8,12,16,19,26H,1-2,9-11,13-14H2,(H,28,29)/b4-3-/t16-,19-/m0/s1. The summed E-state index contributed by atoms with van der Waals surface area (Å²) in [6.07, 6.45) is 5.02. The van der Waals surface area contributed by atoms with E-state index in [2.05, 4.69) is 9.62 Å². The summed E-state index contributed by atoms with van der Waals surface area (Å²) in [6.45, 7) is 3.03. The average molecular weight is 489 g/mol. The lowest BCUT2D eigenvalue weighted by atomic mass is 10.0. The molecule has 8 nitrogen and oxygen atoms in total. The van der Waals surface area contributed by atoms with Crippen LogP contribution in [-0.2, 0) is 10.0 Å². The highest BCUT2D eigenvalue weighted by molar-refractivity contribution is 7.92. The second-order valence-corrected chi connectivity index (χ2v) is 10.5. The molecule has 3 aliphatic rings. The highest BCUT2D eigenvalue weighted by Gasteiger charge is 2.45. The lowest BCUT2D eigenvalue weighted by Crippen LogP contribution is -2.19. The van der Waals surface area contributed by atoms with E-state index in [4.69, 9.17) is 9.47 Å². The number of sulfonamides is 1. The van der Waals surface area contributed by atoms with Gasteiger partial charge in [-0.2, -0.15) is 0 Å². The zero-order valence-electron chi connectivity index (χ0n) is 18.4. The van der Waals surface area contributed by atoms with E-state index < -0.39 is 22.0 Å². The predicted octanol–water partition coefficient (Wildman–Crippen LogP) is 4.29. The van der Waals surface area contributed by atoms with Crippen molar-refractivity contribution < 1.29 is 32.2 Å². The molecule has 2 N–H and O–H groups in total. The monoisotopic (exact) mass is 488 g/mol. The summed E-state index contributed by atoms with van der Waals surface area (Å²) in [6, 6.07) is 6.63. The molecule has 0 aromatic heterocycles. The zero-order valence-corrected chi connectivity index (χ0v) is 19.2. The van der Waals surface area contributed by atoms with Crippen LogP contribution in [-0.4, -0.2) is 50.8 Å². The van der Waals surface area contributed by atoms with Gasteiger partial charge in [-0.15, -0.1) is 0 Å². The van der Waals surface area contributed by atoms with E-state index in [0.29, 0.717) is 19.1 Å². The molecule has 2 heterocycles. The first-order valence-electron chi connectivity index (χ1n) is 11.2. The minimum atomic E-state index is -4.21. The number of ether oxygens (including phenoxy) is 2. The Hall–Kier alpha value is -3.11. The van der Waals surface area contributed by atoms with Crippen molar-refractivity contribution in [2.45, 2.75) is 30.1 Å². The van der Waals surface area contributed by atoms with Crippen LogP contribution in [0, 0.1) is 11.7 Å². The van der Waals surface area contributed by atoms with E-state index in [1.807, 2.05) is 6.08 Å². The Morgan fingerprint density at radius 2 is 2.06 bits per heavy atom. The van der Waals surface area contributed by atoms with E-state index in [1.165, 1.54) is 12.1 Å². The molecule has 0 amide bonds. The number of nitrogens with one attached hydrogen (secondary N) is 1. The van der Waals surface area contributed by atoms with Crippen molar-refractivity contribution in [2.24, 2.45) is 5.92 Å². The van der Waals surface area contributed by atoms with Crippen molar-refractivity contribution in [1.82, 2.24) is 4.90 Å². The second kappa shape index (κ2) is 8.92. The van der Waals surface area contributed by atoms with E-state index >= 15 is 0 Å². The van der Waals surface area contributed by atoms with Crippen molar-refractivity contribution in [3.05, 3.63) is 53.4 Å². The molecule has 2 atom stereocenters. The van der Waals surface area contributed by atoms with Gasteiger partial charge >= 0.3 is 6.16 Å². The lowest BCUT2D eigenvalue weighted by molar-refractivity contribution is 0.141. The number of carboxylic acid groups (broad SMARTS) is 1. The van der Waals surface area contributed by atoms with Crippen LogP contribution in [0.1, 0.15) is 36.3 Å². The predicted molar refractivity (Wildman–Crippen MR) is 123 cm³/mol. The smallest absolute Gasteiger partial charge is 0.489 e. The molecule has 1 saturated heterocycles. The molecule has 5 rings (SSSR count). The van der Waals surface area contributed by atoms with Gasteiger partial charge in [-0.25, -0.2) is 17.6 Å². The molecule has 1 aliphatic carbocycles. The normalized spacial score (nSPS) is 21.6. The molecule has 180 valence electrons. The maximum atomic E-state index is 14.0. The van der Waals surface area contributed by atoms with Crippen LogP contribution in [0.5, 0.6) is 11.5 Å². The Kier molecular flexibility index (Phi) is 5.95. The Balaban J connectivity index is 1.46. The van der Waals surface area contributed by atoms with Crippen molar-refractivity contribution in [3.8, 4) is 11.5 Å². The van der Waals surface area contributed by atoms with Crippen molar-refractivity contribution in [2.75, 3.05) is 31.0 Å². The lowest BCUT2D eigenvalue weighted by Gasteiger charge is -2.21. The van der Waals surface area contributed by atoms with Gasteiger partial charge in [-0.3, -0.25) is 9.62 Å². The highest BCUT2D eigenvalue weighted by Crippen LogP contribution is 2.57. The number of carbonyl (C=O) groups is 1. The van der Waals surface area contributed by atoms with Gasteiger partial charge in [0.25, 0.3) is 10.0 Å². The van der Waals surface area contributed by atoms with Crippen LogP contribution in [0.4, 0.5) is 14.9 Å². The van der Waals surface area contributed by atoms with E-state index in [1.54, 1.807) is 12.1 Å². The molecule has 1 saturated carbocycles. The number of hydrogen-bond acceptors (Lipinski definition) is 6. The number of halogens is 1. The third-order valence-electron chi connectivity index (χ3n) is 6.46. The zero-order chi connectivity index (χ0) is 23.9. The van der Waals surface area contributed by atoms with Gasteiger partial charge in [-0.1, -0.05) is 18.2 Å². The van der Waals surface area contributed by atoms with Gasteiger partial charge in [0.2, 0.25) is 5.75 Å². The molecular weight excluding hydrogens is 463 g/mol. The number of benzene rings is 2. The average Bonchev–Trinajstić information content (AvgIpc) is 3.40. The van der Waals surface area contributed by atoms with Crippen molar-refractivity contribution in [1.29, 1.82) is 0 Å². The highest BCUT2D eigenvalue weighted by atomic mass is 32.2. The van der Waals surface area contributed by atoms with Gasteiger partial charge in [-0.05, 0) is 68.1 Å². The Labute approximate surface area is 197 Å². The fourth-order valence-corrected chi connectivity index (χ4v) is 5.92. The summed E-state index contributed by atoms with van der Waals surface area (Å²) in [4.78, 5) is 13.4. The van der Waals surface area contributed by atoms with Crippen LogP contribution in [0.3, 0.4) is 0 Å². The molecule has 34 heavy (non-hydrogen) atoms. The Morgan fingerprint density at radius 1 is 1.26 bits per heavy atom. The SMILES string of the molecule is O=C(O)Oc1c(NS(=O)(=O)c2ccc(F)cc2/C=C\CN2CCCC2)ccc2c1OC[C@@H]1C[C@H]21. The van der Waals surface area contributed by atoms with Crippen LogP contribution < -0.4 is 14.2 Å². The third-order valence-corrected chi connectivity index (χ3v) is 7.90. The Bertz CT molecular complexity index is 1260. The van der Waals surface area contributed by atoms with Crippen LogP contribution >= 0.6 is 0 Å². The van der Waals surface area contributed by atoms with E-state index in [-0.39, 0.29) is 33.6 Å². The number of hydrogen-bond donors (Lipinski definition) is 2. The third kappa shape index (κ3) is 4.60. The fourth-order valence-electron chi connectivity index (χ4n) is 4.68. The van der Waals surface area contributed by atoms with Gasteiger partial charge in [0.05, 0.1) is 17.2 Å². The number of fused-ring (bicyclic) bond motifs is 3. The number of rotatable bonds is 7. The van der Waals surface area contributed by atoms with Gasteiger partial charge in [0, 0.05) is 18.0 Å². The minimum absolute atomic E-state index is 0.0587. The molecule has 2 aliphatic heterocycles. The maximum Gasteiger partial charge on any atom is 0.511 e. The summed E-state index contributed by atoms with van der Waals surface area (Å²) in [5, 5.41) is 9.24. The quantitative estimate of drug-likeness (QED) is 0.443. The second-order valence-electron chi connectivity index (χ2n) is 8.84. The van der Waals surface area contributed by atoms with Crippen molar-refractivity contribution >= 4 is 27.9 Å². The molecule has 0 bridgehead atoms. The summed E-state index contributed by atoms with van der Waals surface area (Å²) in [7, 11) is -4.21. The first-order valence-corrected chi connectivity index (χ1v) is 12.7. The Morgan fingerprint density at radius 3 is 2.82 bits per heavy atom. The summed E-state index contributed by atoms with van der Waals surface area (Å²) < 4.78 is 53.7. The topological polar surface area (TPSA) is 105 Å². The molecule has 0 unspecified atom stereocenters. The number of nitrogens with zero attached hydrogens (tertiary/aromatic N) is 1. The summed E-state index contributed by atoms with van der Waals surface area (Å²) >= 11 is 0. The number of anilines is 1. The van der Waals surface area contributed by atoms with Gasteiger partial charge in [0.1, 0.15) is 5.82 Å². The van der Waals surface area contributed by atoms with Gasteiger partial charge in [0.15, 0.2) is 5.75 Å². The van der Waals surface area contributed by atoms with Crippen LogP contribution in [0.2, 0.25) is 0 Å². The first kappa shape index (κ1) is 22.7. The summed E-state index contributed by atoms with van der Waals surface area (Å²) in [5.41, 5.74) is 0.946. The summed E-state index contributed by atoms with van der Waals surface area (Å²) in [5.74, 6) is 0.144. The largest absolute Gasteiger partial charge is 0.511 e. The molecular formula is C24H25FN2O6S. The van der Waals surface area contributed by atoms with Crippen LogP contribution in [0.25, 0.3) is 6.08 Å². The fraction of sp³-hybridized carbons (Fsp3) is 0.375. The molecule has 10 heteroatoms. The molecule has 0 spiro atoms. The van der Waals surface area contributed by atoms with Crippen molar-refractivity contribution in [3.63, 3.8) is 0 Å². The molecule has 0 radical (unpaired) electrons. The molecule has 2 fully saturated rings. The molecule has 2 aromatic carbocycles. The van der Waals surface area contributed by atoms with Crippen LogP contribution in [0.15, 0.2) is 41.3 Å². The molecule has 2 aromatic rings. The number of likely N-dealkylation sites (tertiary alicyclic amines) is 1. The minimum Gasteiger partial charge on any atom is -0.489 e. The first-order chi connectivity index (χ1) is 16.3. The van der Waals surface area contributed by atoms with Gasteiger partial charge < -0.3 is 14.6 Å². The maximum absolute atomic E-state index is 14.0.